The molecule has 0 saturated carbocycles. The molecule has 0 spiro atoms. The van der Waals surface area contributed by atoms with E-state index < -0.39 is 23.8 Å². The highest BCUT2D eigenvalue weighted by molar-refractivity contribution is 6.15. The molecule has 27 heavy (non-hydrogen) atoms. The predicted octanol–water partition coefficient (Wildman–Crippen LogP) is 2.18. The monoisotopic (exact) mass is 374 g/mol. The van der Waals surface area contributed by atoms with Crippen molar-refractivity contribution in [3.05, 3.63) is 46.9 Å². The van der Waals surface area contributed by atoms with Crippen molar-refractivity contribution in [2.24, 2.45) is 0 Å². The first-order chi connectivity index (χ1) is 13.0. The van der Waals surface area contributed by atoms with Gasteiger partial charge in [0.25, 0.3) is 0 Å². The minimum Gasteiger partial charge on any atom is -0.497 e. The van der Waals surface area contributed by atoms with Gasteiger partial charge in [0, 0.05) is 0 Å². The molecule has 0 bridgehead atoms. The topological polar surface area (TPSA) is 97.4 Å². The molecule has 8 heteroatoms. The molecule has 0 radical (unpaired) electrons. The van der Waals surface area contributed by atoms with Crippen LogP contribution in [0.15, 0.2) is 35.8 Å². The molecule has 1 aromatic carbocycles. The van der Waals surface area contributed by atoms with Crippen molar-refractivity contribution in [2.45, 2.75) is 20.0 Å². The van der Waals surface area contributed by atoms with Crippen molar-refractivity contribution in [3.63, 3.8) is 0 Å². The quantitative estimate of drug-likeness (QED) is 0.724. The predicted molar refractivity (Wildman–Crippen MR) is 91.6 cm³/mol. The largest absolute Gasteiger partial charge is 0.497 e. The van der Waals surface area contributed by atoms with Gasteiger partial charge in [-0.25, -0.2) is 9.59 Å². The Morgan fingerprint density at radius 3 is 2.44 bits per heavy atom. The summed E-state index contributed by atoms with van der Waals surface area (Å²) in [5.41, 5.74) is 0.303. The van der Waals surface area contributed by atoms with E-state index in [9.17, 15) is 14.4 Å². The Kier molecular flexibility index (Phi) is 5.16. The highest BCUT2D eigenvalue weighted by Gasteiger charge is 2.42. The fourth-order valence-electron chi connectivity index (χ4n) is 2.79. The van der Waals surface area contributed by atoms with E-state index in [0.717, 1.165) is 6.26 Å². The number of carbonyl (C=O) groups excluding carboxylic acids is 3. The molecule has 0 aromatic heterocycles. The number of hydrogen-bond acceptors (Lipinski definition) is 8. The zero-order valence-corrected chi connectivity index (χ0v) is 15.1. The van der Waals surface area contributed by atoms with Gasteiger partial charge in [-0.1, -0.05) is 0 Å². The molecule has 8 nitrogen and oxygen atoms in total. The van der Waals surface area contributed by atoms with E-state index >= 15 is 0 Å². The second kappa shape index (κ2) is 7.53. The maximum atomic E-state index is 13.0. The van der Waals surface area contributed by atoms with Gasteiger partial charge in [0.2, 0.25) is 0 Å². The number of rotatable bonds is 5. The fourth-order valence-corrected chi connectivity index (χ4v) is 2.79. The molecule has 2 aliphatic rings. The number of hydrogen-bond donors (Lipinski definition) is 0. The molecule has 142 valence electrons. The number of methoxy groups -OCH3 is 1. The maximum absolute atomic E-state index is 13.0. The summed E-state index contributed by atoms with van der Waals surface area (Å²) in [5, 5.41) is 0. The van der Waals surface area contributed by atoms with Crippen molar-refractivity contribution in [1.29, 1.82) is 0 Å². The van der Waals surface area contributed by atoms with Crippen LogP contribution in [0.3, 0.4) is 0 Å². The first-order valence-electron chi connectivity index (χ1n) is 8.35. The Morgan fingerprint density at radius 2 is 1.78 bits per heavy atom. The van der Waals surface area contributed by atoms with Crippen LogP contribution in [0.4, 0.5) is 0 Å². The second-order valence-electron chi connectivity index (χ2n) is 5.60. The van der Waals surface area contributed by atoms with Crippen LogP contribution in [0.25, 0.3) is 0 Å². The third kappa shape index (κ3) is 3.25. The van der Waals surface area contributed by atoms with Crippen LogP contribution in [-0.4, -0.2) is 44.1 Å². The van der Waals surface area contributed by atoms with Gasteiger partial charge in [0.05, 0.1) is 31.5 Å². The third-order valence-corrected chi connectivity index (χ3v) is 4.00. The standard InChI is InChI=1S/C19H18O8/c1-4-25-18(21)12-7-10(23-3)6-11-15(20)13-8-24-9-14(19(22)26-5-2)17(13)27-16(11)12/h6-9,17H,4-5H2,1-3H3. The van der Waals surface area contributed by atoms with E-state index in [1.165, 1.54) is 25.5 Å². The average molecular weight is 374 g/mol. The molecule has 0 saturated heterocycles. The summed E-state index contributed by atoms with van der Waals surface area (Å²) >= 11 is 0. The van der Waals surface area contributed by atoms with E-state index in [4.69, 9.17) is 23.7 Å². The zero-order chi connectivity index (χ0) is 19.6. The Balaban J connectivity index is 2.10. The zero-order valence-electron chi connectivity index (χ0n) is 15.1. The van der Waals surface area contributed by atoms with Crippen molar-refractivity contribution >= 4 is 17.7 Å². The lowest BCUT2D eigenvalue weighted by Gasteiger charge is -2.31. The lowest BCUT2D eigenvalue weighted by molar-refractivity contribution is -0.139. The minimum absolute atomic E-state index is 0.0264. The number of carbonyl (C=O) groups is 3. The summed E-state index contributed by atoms with van der Waals surface area (Å²) in [4.78, 5) is 37.5. The van der Waals surface area contributed by atoms with E-state index in [1.54, 1.807) is 13.8 Å². The van der Waals surface area contributed by atoms with Gasteiger partial charge in [-0.05, 0) is 26.0 Å². The van der Waals surface area contributed by atoms with Crippen LogP contribution in [0.5, 0.6) is 11.5 Å². The molecular weight excluding hydrogens is 356 g/mol. The third-order valence-electron chi connectivity index (χ3n) is 4.00. The Hall–Kier alpha value is -3.29. The van der Waals surface area contributed by atoms with Crippen molar-refractivity contribution < 1.29 is 38.1 Å². The lowest BCUT2D eigenvalue weighted by Crippen LogP contribution is -2.37. The molecule has 0 fully saturated rings. The molecule has 0 aliphatic carbocycles. The van der Waals surface area contributed by atoms with Gasteiger partial charge in [-0.3, -0.25) is 4.79 Å². The number of fused-ring (bicyclic) bond motifs is 2. The first kappa shape index (κ1) is 18.5. The van der Waals surface area contributed by atoms with Crippen LogP contribution in [0.1, 0.15) is 34.6 Å². The van der Waals surface area contributed by atoms with Gasteiger partial charge in [-0.2, -0.15) is 0 Å². The van der Waals surface area contributed by atoms with E-state index in [2.05, 4.69) is 0 Å². The van der Waals surface area contributed by atoms with E-state index in [1.807, 2.05) is 0 Å². The number of ketones is 1. The summed E-state index contributed by atoms with van der Waals surface area (Å²) < 4.78 is 26.2. The van der Waals surface area contributed by atoms with Crippen LogP contribution in [0.2, 0.25) is 0 Å². The molecule has 1 aromatic rings. The minimum atomic E-state index is -1.04. The highest BCUT2D eigenvalue weighted by atomic mass is 16.5. The SMILES string of the molecule is CCOC(=O)C1=COC=C2C(=O)c3cc(OC)cc(C(=O)OCC)c3OC12. The van der Waals surface area contributed by atoms with Crippen molar-refractivity contribution in [1.82, 2.24) is 0 Å². The smallest absolute Gasteiger partial charge is 0.342 e. The molecular formula is C19H18O8. The van der Waals surface area contributed by atoms with E-state index in [0.29, 0.717) is 5.75 Å². The van der Waals surface area contributed by atoms with Gasteiger partial charge in [-0.15, -0.1) is 0 Å². The maximum Gasteiger partial charge on any atom is 0.342 e. The molecule has 0 N–H and O–H groups in total. The van der Waals surface area contributed by atoms with E-state index in [-0.39, 0.29) is 41.2 Å². The summed E-state index contributed by atoms with van der Waals surface area (Å²) in [6.45, 7) is 3.62. The summed E-state index contributed by atoms with van der Waals surface area (Å²) in [7, 11) is 1.41. The van der Waals surface area contributed by atoms with Gasteiger partial charge in [0.1, 0.15) is 35.2 Å². The Labute approximate surface area is 155 Å². The van der Waals surface area contributed by atoms with Crippen LogP contribution in [-0.2, 0) is 19.0 Å². The average Bonchev–Trinajstić information content (AvgIpc) is 2.67. The molecule has 1 unspecified atom stereocenters. The lowest BCUT2D eigenvalue weighted by atomic mass is 9.89. The molecule has 2 aliphatic heterocycles. The van der Waals surface area contributed by atoms with Crippen LogP contribution < -0.4 is 9.47 Å². The summed E-state index contributed by atoms with van der Waals surface area (Å²) in [6, 6.07) is 2.88. The summed E-state index contributed by atoms with van der Waals surface area (Å²) in [6.07, 6.45) is 1.33. The normalized spacial score (nSPS) is 17.3. The second-order valence-corrected chi connectivity index (χ2v) is 5.60. The highest BCUT2D eigenvalue weighted by Crippen LogP contribution is 2.40. The van der Waals surface area contributed by atoms with Crippen LogP contribution in [0, 0.1) is 0 Å². The number of benzene rings is 1. The number of ether oxygens (including phenoxy) is 5. The van der Waals surface area contributed by atoms with Gasteiger partial charge >= 0.3 is 11.9 Å². The van der Waals surface area contributed by atoms with Crippen molar-refractivity contribution in [2.75, 3.05) is 20.3 Å². The van der Waals surface area contributed by atoms with Gasteiger partial charge in [0.15, 0.2) is 11.9 Å². The summed E-state index contributed by atoms with van der Waals surface area (Å²) in [5.74, 6) is -1.46. The molecule has 1 atom stereocenters. The fraction of sp³-hybridized carbons (Fsp3) is 0.316. The molecule has 3 rings (SSSR count). The molecule has 2 heterocycles. The number of esters is 2. The molecule has 0 amide bonds. The Bertz CT molecular complexity index is 865. The number of Topliss-reactive ketones (excluding diaryl/α,β-unsaturated/α-hetero) is 1. The van der Waals surface area contributed by atoms with Gasteiger partial charge < -0.3 is 23.7 Å². The van der Waals surface area contributed by atoms with Crippen molar-refractivity contribution in [3.8, 4) is 11.5 Å². The Morgan fingerprint density at radius 1 is 1.07 bits per heavy atom. The van der Waals surface area contributed by atoms with Crippen LogP contribution >= 0.6 is 0 Å². The first-order valence-corrected chi connectivity index (χ1v) is 8.35.